The number of hydrogen-bond acceptors (Lipinski definition) is 12. The zero-order valence-corrected chi connectivity index (χ0v) is 22.2. The van der Waals surface area contributed by atoms with Crippen LogP contribution in [0.5, 0.6) is 5.75 Å². The number of imidazole rings is 1. The Hall–Kier alpha value is -3.78. The molecule has 1 aliphatic rings. The van der Waals surface area contributed by atoms with Crippen LogP contribution in [-0.4, -0.2) is 67.6 Å². The molecule has 0 spiro atoms. The van der Waals surface area contributed by atoms with Gasteiger partial charge in [0.15, 0.2) is 11.5 Å². The minimum Gasteiger partial charge on any atom is -0.462 e. The van der Waals surface area contributed by atoms with Gasteiger partial charge < -0.3 is 24.8 Å². The molecule has 0 amide bonds. The van der Waals surface area contributed by atoms with Gasteiger partial charge >= 0.3 is 13.7 Å². The summed E-state index contributed by atoms with van der Waals surface area (Å²) < 4.78 is 37.6. The van der Waals surface area contributed by atoms with Gasteiger partial charge in [-0.25, -0.2) is 19.5 Å². The lowest BCUT2D eigenvalue weighted by Gasteiger charge is -2.25. The van der Waals surface area contributed by atoms with Crippen molar-refractivity contribution >= 4 is 30.7 Å². The molecule has 208 valence electrons. The van der Waals surface area contributed by atoms with Crippen LogP contribution >= 0.6 is 7.75 Å². The van der Waals surface area contributed by atoms with Crippen molar-refractivity contribution < 1.29 is 33.0 Å². The van der Waals surface area contributed by atoms with Gasteiger partial charge in [0.25, 0.3) is 0 Å². The van der Waals surface area contributed by atoms with Crippen LogP contribution in [0, 0.1) is 0 Å². The molecular formula is C22H28N9O7P. The first-order chi connectivity index (χ1) is 18.6. The summed E-state index contributed by atoms with van der Waals surface area (Å²) in [6.07, 6.45) is -1.35. The molecule has 4 N–H and O–H groups in total. The Bertz CT molecular complexity index is 1400. The summed E-state index contributed by atoms with van der Waals surface area (Å²) in [4.78, 5) is 27.4. The van der Waals surface area contributed by atoms with Crippen LogP contribution in [-0.2, 0) is 23.4 Å². The number of ether oxygens (including phenoxy) is 2. The average Bonchev–Trinajstić information content (AvgIpc) is 3.45. The number of nitrogens with two attached hydrogens (primary N) is 1. The molecule has 0 radical (unpaired) electrons. The quantitative estimate of drug-likeness (QED) is 0.101. The Morgan fingerprint density at radius 1 is 1.31 bits per heavy atom. The molecule has 0 bridgehead atoms. The van der Waals surface area contributed by atoms with E-state index >= 15 is 0 Å². The minimum atomic E-state index is -4.24. The SMILES string of the molecule is CC(C)OC(=O)[C@H](C)N[P@@](=O)(OC[C@H]1O[C@@H](n2cnc3c(N)ncnc32)[C@H](N=[N+]=[N-])[C@@H]1O)Oc1ccccc1. The normalized spacial score (nSPS) is 23.2. The van der Waals surface area contributed by atoms with Crippen LogP contribution in [0.4, 0.5) is 5.82 Å². The fourth-order valence-corrected chi connectivity index (χ4v) is 5.35. The third-order valence-electron chi connectivity index (χ3n) is 5.62. The number of aliphatic hydroxyl groups excluding tert-OH is 1. The number of nitrogens with zero attached hydrogens (tertiary/aromatic N) is 7. The van der Waals surface area contributed by atoms with Gasteiger partial charge in [0.2, 0.25) is 0 Å². The summed E-state index contributed by atoms with van der Waals surface area (Å²) in [5.74, 6) is -0.329. The van der Waals surface area contributed by atoms with E-state index in [2.05, 4.69) is 30.1 Å². The summed E-state index contributed by atoms with van der Waals surface area (Å²) in [6.45, 7) is 4.34. The van der Waals surface area contributed by atoms with E-state index in [9.17, 15) is 14.5 Å². The second kappa shape index (κ2) is 11.9. The summed E-state index contributed by atoms with van der Waals surface area (Å²) in [6, 6.07) is 6.00. The number of fused-ring (bicyclic) bond motifs is 1. The van der Waals surface area contributed by atoms with Gasteiger partial charge in [-0.2, -0.15) is 5.09 Å². The number of hydrogen-bond donors (Lipinski definition) is 3. The summed E-state index contributed by atoms with van der Waals surface area (Å²) in [5.41, 5.74) is 15.6. The first-order valence-corrected chi connectivity index (χ1v) is 13.4. The fraction of sp³-hybridized carbons (Fsp3) is 0.455. The summed E-state index contributed by atoms with van der Waals surface area (Å²) in [5, 5.41) is 17.2. The van der Waals surface area contributed by atoms with Crippen LogP contribution in [0.3, 0.4) is 0 Å². The standard InChI is InChI=1S/C22H28N9O7P/c1-12(2)36-22(33)13(3)29-39(34,38-14-7-5-4-6-8-14)35-9-15-18(32)16(28-30-24)21(37-15)31-11-27-17-19(23)25-10-26-20(17)31/h4-8,10-13,15-16,18,21,32H,9H2,1-3H3,(H,29,34)(H2,23,25,26)/t13-,15+,16+,18+,21+,39+/m0/s1. The first kappa shape index (κ1) is 28.2. The van der Waals surface area contributed by atoms with Crippen molar-refractivity contribution in [3.63, 3.8) is 0 Å². The second-order valence-corrected chi connectivity index (χ2v) is 10.6. The molecule has 3 heterocycles. The van der Waals surface area contributed by atoms with E-state index in [0.29, 0.717) is 5.52 Å². The molecular weight excluding hydrogens is 533 g/mol. The van der Waals surface area contributed by atoms with Gasteiger partial charge in [-0.05, 0) is 38.4 Å². The average molecular weight is 561 g/mol. The van der Waals surface area contributed by atoms with Gasteiger partial charge in [-0.1, -0.05) is 23.3 Å². The maximum absolute atomic E-state index is 13.7. The number of nitrogen functional groups attached to an aromatic ring is 1. The highest BCUT2D eigenvalue weighted by Crippen LogP contribution is 2.46. The van der Waals surface area contributed by atoms with Gasteiger partial charge in [0, 0.05) is 4.91 Å². The van der Waals surface area contributed by atoms with E-state index in [4.69, 9.17) is 29.8 Å². The molecule has 1 aliphatic heterocycles. The van der Waals surface area contributed by atoms with Crippen LogP contribution in [0.2, 0.25) is 0 Å². The van der Waals surface area contributed by atoms with E-state index in [-0.39, 0.29) is 17.2 Å². The number of para-hydroxylation sites is 1. The maximum Gasteiger partial charge on any atom is 0.459 e. The van der Waals surface area contributed by atoms with Gasteiger partial charge in [0.05, 0.1) is 25.1 Å². The molecule has 0 unspecified atom stereocenters. The Balaban J connectivity index is 1.55. The van der Waals surface area contributed by atoms with Crippen LogP contribution in [0.15, 0.2) is 48.1 Å². The molecule has 6 atom stereocenters. The molecule has 2 aromatic heterocycles. The number of nitrogens with one attached hydrogen (secondary N) is 1. The van der Waals surface area contributed by atoms with Crippen LogP contribution < -0.4 is 15.3 Å². The molecule has 39 heavy (non-hydrogen) atoms. The highest BCUT2D eigenvalue weighted by Gasteiger charge is 2.46. The van der Waals surface area contributed by atoms with E-state index in [1.165, 1.54) is 24.1 Å². The smallest absolute Gasteiger partial charge is 0.459 e. The zero-order valence-electron chi connectivity index (χ0n) is 21.3. The molecule has 0 saturated carbocycles. The zero-order chi connectivity index (χ0) is 28.2. The third kappa shape index (κ3) is 6.45. The largest absolute Gasteiger partial charge is 0.462 e. The minimum absolute atomic E-state index is 0.132. The summed E-state index contributed by atoms with van der Waals surface area (Å²) >= 11 is 0. The third-order valence-corrected chi connectivity index (χ3v) is 7.26. The highest BCUT2D eigenvalue weighted by molar-refractivity contribution is 7.52. The molecule has 4 rings (SSSR count). The Morgan fingerprint density at radius 2 is 2.05 bits per heavy atom. The monoisotopic (exact) mass is 561 g/mol. The van der Waals surface area contributed by atoms with Crippen molar-refractivity contribution in [2.75, 3.05) is 12.3 Å². The molecule has 0 aliphatic carbocycles. The number of aliphatic hydroxyl groups is 1. The number of azide groups is 1. The lowest BCUT2D eigenvalue weighted by atomic mass is 10.1. The number of anilines is 1. The topological polar surface area (TPSA) is 222 Å². The van der Waals surface area contributed by atoms with Crippen molar-refractivity contribution in [1.29, 1.82) is 0 Å². The maximum atomic E-state index is 13.7. The predicted molar refractivity (Wildman–Crippen MR) is 137 cm³/mol. The van der Waals surface area contributed by atoms with Crippen molar-refractivity contribution in [2.45, 2.75) is 57.4 Å². The number of esters is 1. The number of aromatic nitrogens is 4. The fourth-order valence-electron chi connectivity index (χ4n) is 3.84. The molecule has 1 fully saturated rings. The Morgan fingerprint density at radius 3 is 2.74 bits per heavy atom. The van der Waals surface area contributed by atoms with Crippen molar-refractivity contribution in [1.82, 2.24) is 24.6 Å². The lowest BCUT2D eigenvalue weighted by Crippen LogP contribution is -2.37. The molecule has 16 nitrogen and oxygen atoms in total. The Labute approximate surface area is 222 Å². The first-order valence-electron chi connectivity index (χ1n) is 11.9. The van der Waals surface area contributed by atoms with Crippen LogP contribution in [0.1, 0.15) is 27.0 Å². The van der Waals surface area contributed by atoms with Gasteiger partial charge in [0.1, 0.15) is 42.0 Å². The highest BCUT2D eigenvalue weighted by atomic mass is 31.2. The molecule has 1 aromatic carbocycles. The lowest BCUT2D eigenvalue weighted by molar-refractivity contribution is -0.149. The predicted octanol–water partition coefficient (Wildman–Crippen LogP) is 2.48. The number of carbonyl (C=O) groups excluding carboxylic acids is 1. The number of benzene rings is 1. The van der Waals surface area contributed by atoms with E-state index in [1.807, 2.05) is 0 Å². The van der Waals surface area contributed by atoms with Gasteiger partial charge in [-0.3, -0.25) is 13.9 Å². The van der Waals surface area contributed by atoms with Crippen molar-refractivity contribution in [2.24, 2.45) is 5.11 Å². The van der Waals surface area contributed by atoms with Gasteiger partial charge in [-0.15, -0.1) is 0 Å². The van der Waals surface area contributed by atoms with Crippen molar-refractivity contribution in [3.05, 3.63) is 53.4 Å². The molecule has 17 heteroatoms. The Kier molecular flexibility index (Phi) is 8.65. The van der Waals surface area contributed by atoms with E-state index in [1.54, 1.807) is 44.2 Å². The summed E-state index contributed by atoms with van der Waals surface area (Å²) in [7, 11) is -4.24. The number of carbonyl (C=O) groups is 1. The van der Waals surface area contributed by atoms with E-state index in [0.717, 1.165) is 0 Å². The van der Waals surface area contributed by atoms with Crippen LogP contribution in [0.25, 0.3) is 21.6 Å². The number of rotatable bonds is 11. The molecule has 3 aromatic rings. The molecule has 1 saturated heterocycles. The van der Waals surface area contributed by atoms with Crippen molar-refractivity contribution in [3.8, 4) is 5.75 Å². The van der Waals surface area contributed by atoms with E-state index < -0.39 is 56.9 Å². The second-order valence-electron chi connectivity index (χ2n) is 8.87.